The van der Waals surface area contributed by atoms with Crippen LogP contribution >= 0.6 is 0 Å². The predicted molar refractivity (Wildman–Crippen MR) is 199 cm³/mol. The molecule has 2 nitrogen and oxygen atoms in total. The fraction of sp³-hybridized carbons (Fsp3) is 0.500. The molecule has 2 aromatic carbocycles. The van der Waals surface area contributed by atoms with E-state index in [4.69, 9.17) is 10.4 Å². The van der Waals surface area contributed by atoms with Gasteiger partial charge < -0.3 is 5.41 Å². The van der Waals surface area contributed by atoms with E-state index in [9.17, 15) is 0 Å². The van der Waals surface area contributed by atoms with Crippen molar-refractivity contribution in [2.45, 2.75) is 122 Å². The Morgan fingerprint density at radius 3 is 2.48 bits per heavy atom. The zero-order chi connectivity index (χ0) is 31.9. The summed E-state index contributed by atoms with van der Waals surface area (Å²) < 4.78 is 0. The molecule has 0 amide bonds. The number of benzene rings is 2. The van der Waals surface area contributed by atoms with Crippen molar-refractivity contribution in [3.63, 3.8) is 0 Å². The van der Waals surface area contributed by atoms with E-state index in [2.05, 4.69) is 87.3 Å². The van der Waals surface area contributed by atoms with Gasteiger partial charge in [0, 0.05) is 30.0 Å². The molecule has 242 valence electrons. The van der Waals surface area contributed by atoms with Crippen LogP contribution in [0.4, 0.5) is 0 Å². The molecule has 0 radical (unpaired) electrons. The summed E-state index contributed by atoms with van der Waals surface area (Å²) >= 11 is 0. The van der Waals surface area contributed by atoms with Gasteiger partial charge in [0.25, 0.3) is 0 Å². The first-order valence-corrected chi connectivity index (χ1v) is 18.7. The lowest BCUT2D eigenvalue weighted by atomic mass is 9.65. The fourth-order valence-electron chi connectivity index (χ4n) is 9.16. The second-order valence-corrected chi connectivity index (χ2v) is 14.4. The third-order valence-corrected chi connectivity index (χ3v) is 11.7. The van der Waals surface area contributed by atoms with Gasteiger partial charge >= 0.3 is 0 Å². The molecular formula is C44H56N2. The molecular weight excluding hydrogens is 556 g/mol. The average molecular weight is 613 g/mol. The second-order valence-electron chi connectivity index (χ2n) is 14.4. The number of nitrogens with one attached hydrogen (secondary N) is 1. The van der Waals surface area contributed by atoms with Crippen molar-refractivity contribution >= 4 is 22.7 Å². The van der Waals surface area contributed by atoms with Gasteiger partial charge in [-0.15, -0.1) is 6.58 Å². The van der Waals surface area contributed by atoms with E-state index in [1.165, 1.54) is 98.2 Å². The summed E-state index contributed by atoms with van der Waals surface area (Å²) in [5.74, 6) is 2.52. The molecule has 6 rings (SSSR count). The maximum Gasteiger partial charge on any atom is 0.0262 e. The summed E-state index contributed by atoms with van der Waals surface area (Å²) in [7, 11) is 0. The SMILES string of the molecule is C=CC(CCCCC)C1=NC=C(C2CCC(C3=CCC(c4ccc(C(C=N)CCC)c5ccccc45)CC3)=C3C=CCCC32)CC1. The maximum atomic E-state index is 8.08. The molecule has 0 bridgehead atoms. The van der Waals surface area contributed by atoms with Gasteiger partial charge in [-0.05, 0) is 133 Å². The molecule has 0 aromatic heterocycles. The summed E-state index contributed by atoms with van der Waals surface area (Å²) in [6.45, 7) is 8.66. The minimum absolute atomic E-state index is 0.208. The zero-order valence-corrected chi connectivity index (χ0v) is 28.6. The van der Waals surface area contributed by atoms with E-state index in [1.54, 1.807) is 28.5 Å². The summed E-state index contributed by atoms with van der Waals surface area (Å²) in [6.07, 6.45) is 31.6. The van der Waals surface area contributed by atoms with Gasteiger partial charge in [0.05, 0.1) is 0 Å². The lowest BCUT2D eigenvalue weighted by Crippen LogP contribution is -2.28. The van der Waals surface area contributed by atoms with Crippen LogP contribution < -0.4 is 0 Å². The van der Waals surface area contributed by atoms with E-state index in [-0.39, 0.29) is 5.92 Å². The van der Waals surface area contributed by atoms with Gasteiger partial charge in [0.15, 0.2) is 0 Å². The average Bonchev–Trinajstić information content (AvgIpc) is 3.12. The van der Waals surface area contributed by atoms with Gasteiger partial charge in [-0.2, -0.15) is 0 Å². The molecule has 2 heteroatoms. The highest BCUT2D eigenvalue weighted by Crippen LogP contribution is 2.49. The van der Waals surface area contributed by atoms with Crippen molar-refractivity contribution in [2.75, 3.05) is 0 Å². The van der Waals surface area contributed by atoms with Crippen LogP contribution in [0, 0.1) is 23.2 Å². The van der Waals surface area contributed by atoms with Crippen LogP contribution in [-0.2, 0) is 0 Å². The van der Waals surface area contributed by atoms with Crippen molar-refractivity contribution in [3.8, 4) is 0 Å². The van der Waals surface area contributed by atoms with E-state index >= 15 is 0 Å². The molecule has 0 spiro atoms. The van der Waals surface area contributed by atoms with E-state index < -0.39 is 0 Å². The highest BCUT2D eigenvalue weighted by Gasteiger charge is 2.36. The number of rotatable bonds is 13. The number of nitrogens with zero attached hydrogens (tertiary/aromatic N) is 1. The Balaban J connectivity index is 1.20. The standard InChI is InChI=1S/C44H56N2/c1-4-7-8-14-31(6-3)44-28-23-35(30-46-44)39-27-25-37(41-16-10-12-18-43(39)41)33-21-19-32(20-22-33)36-24-26-38(34(29-45)13-5-2)42-17-11-9-15-40(36)42/h6,9-11,15-17,21,24,26,29-32,34,39,43,45H,3-5,7-8,12-14,18-20,22-23,25,27-28H2,1-2H3. The van der Waals surface area contributed by atoms with Crippen molar-refractivity contribution < 1.29 is 0 Å². The first-order chi connectivity index (χ1) is 22.7. The normalized spacial score (nSPS) is 24.5. The number of allylic oxidation sites excluding steroid dienone is 8. The summed E-state index contributed by atoms with van der Waals surface area (Å²) in [6, 6.07) is 13.7. The molecule has 3 aliphatic carbocycles. The Kier molecular flexibility index (Phi) is 11.0. The van der Waals surface area contributed by atoms with E-state index in [1.807, 2.05) is 0 Å². The number of fused-ring (bicyclic) bond motifs is 2. The topological polar surface area (TPSA) is 36.2 Å². The molecule has 4 aliphatic rings. The van der Waals surface area contributed by atoms with Crippen LogP contribution in [0.25, 0.3) is 10.8 Å². The van der Waals surface area contributed by atoms with Gasteiger partial charge in [-0.1, -0.05) is 100 Å². The monoisotopic (exact) mass is 612 g/mol. The smallest absolute Gasteiger partial charge is 0.0262 e. The number of hydrogen-bond acceptors (Lipinski definition) is 2. The first kappa shape index (κ1) is 32.7. The quantitative estimate of drug-likeness (QED) is 0.133. The van der Waals surface area contributed by atoms with Crippen molar-refractivity contribution in [1.82, 2.24) is 0 Å². The summed E-state index contributed by atoms with van der Waals surface area (Å²) in [5.41, 5.74) is 10.7. The van der Waals surface area contributed by atoms with E-state index in [0.717, 1.165) is 25.7 Å². The molecule has 0 fully saturated rings. The van der Waals surface area contributed by atoms with Crippen LogP contribution in [0.2, 0.25) is 0 Å². The van der Waals surface area contributed by atoms with Crippen LogP contribution in [0.1, 0.15) is 133 Å². The van der Waals surface area contributed by atoms with Crippen LogP contribution in [0.5, 0.6) is 0 Å². The minimum atomic E-state index is 0.208. The van der Waals surface area contributed by atoms with Gasteiger partial charge in [0.1, 0.15) is 0 Å². The number of hydrogen-bond donors (Lipinski definition) is 1. The van der Waals surface area contributed by atoms with Crippen molar-refractivity contribution in [1.29, 1.82) is 5.41 Å². The fourth-order valence-corrected chi connectivity index (χ4v) is 9.16. The van der Waals surface area contributed by atoms with Crippen molar-refractivity contribution in [3.05, 3.63) is 107 Å². The highest BCUT2D eigenvalue weighted by molar-refractivity contribution is 5.92. The molecule has 46 heavy (non-hydrogen) atoms. The number of unbranched alkanes of at least 4 members (excludes halogenated alkanes) is 2. The van der Waals surface area contributed by atoms with Crippen LogP contribution in [0.3, 0.4) is 0 Å². The van der Waals surface area contributed by atoms with Crippen LogP contribution in [-0.4, -0.2) is 11.9 Å². The van der Waals surface area contributed by atoms with Crippen LogP contribution in [0.15, 0.2) is 101 Å². The third-order valence-electron chi connectivity index (χ3n) is 11.7. The predicted octanol–water partition coefficient (Wildman–Crippen LogP) is 12.7. The molecule has 1 aliphatic heterocycles. The minimum Gasteiger partial charge on any atom is -0.312 e. The Morgan fingerprint density at radius 2 is 1.76 bits per heavy atom. The molecule has 5 unspecified atom stereocenters. The Bertz CT molecular complexity index is 1560. The summed E-state index contributed by atoms with van der Waals surface area (Å²) in [4.78, 5) is 5.10. The molecule has 1 heterocycles. The van der Waals surface area contributed by atoms with Gasteiger partial charge in [-0.25, -0.2) is 0 Å². The Hall–Kier alpha value is -3.26. The lowest BCUT2D eigenvalue weighted by molar-refractivity contribution is 0.352. The highest BCUT2D eigenvalue weighted by atomic mass is 14.7. The van der Waals surface area contributed by atoms with E-state index in [0.29, 0.717) is 23.7 Å². The second kappa shape index (κ2) is 15.6. The van der Waals surface area contributed by atoms with Gasteiger partial charge in [0.2, 0.25) is 0 Å². The maximum absolute atomic E-state index is 8.08. The molecule has 0 saturated carbocycles. The summed E-state index contributed by atoms with van der Waals surface area (Å²) in [5, 5.41) is 10.8. The molecule has 2 aromatic rings. The lowest BCUT2D eigenvalue weighted by Gasteiger charge is -2.40. The molecule has 1 N–H and O–H groups in total. The number of aliphatic imine (C=N–C) groups is 1. The molecule has 0 saturated heterocycles. The van der Waals surface area contributed by atoms with Gasteiger partial charge in [-0.3, -0.25) is 4.99 Å². The third kappa shape index (κ3) is 6.87. The van der Waals surface area contributed by atoms with Crippen molar-refractivity contribution in [2.24, 2.45) is 22.7 Å². The zero-order valence-electron chi connectivity index (χ0n) is 28.6. The Morgan fingerprint density at radius 1 is 0.891 bits per heavy atom. The first-order valence-electron chi connectivity index (χ1n) is 18.7. The largest absolute Gasteiger partial charge is 0.312 e. The molecule has 5 atom stereocenters. The Labute approximate surface area is 279 Å².